The van der Waals surface area contributed by atoms with Gasteiger partial charge in [-0.05, 0) is 18.4 Å². The Kier molecular flexibility index (Phi) is 3.26. The molecule has 0 aliphatic carbocycles. The molecule has 3 N–H and O–H groups in total. The summed E-state index contributed by atoms with van der Waals surface area (Å²) >= 11 is 3.02. The largest absolute Gasteiger partial charge is 0.390 e. The lowest BCUT2D eigenvalue weighted by Gasteiger charge is -2.03. The number of thiophene rings is 2. The van der Waals surface area contributed by atoms with Gasteiger partial charge in [-0.25, -0.2) is 0 Å². The van der Waals surface area contributed by atoms with Crippen LogP contribution in [0.4, 0.5) is 5.00 Å². The van der Waals surface area contributed by atoms with Gasteiger partial charge in [0.2, 0.25) is 0 Å². The molecule has 0 bridgehead atoms. The first-order valence-corrected chi connectivity index (χ1v) is 6.69. The second-order valence-corrected chi connectivity index (χ2v) is 5.08. The molecule has 2 heterocycles. The zero-order valence-electron chi connectivity index (χ0n) is 8.82. The van der Waals surface area contributed by atoms with Crippen molar-refractivity contribution in [3.05, 3.63) is 28.5 Å². The van der Waals surface area contributed by atoms with E-state index in [1.807, 2.05) is 29.8 Å². The Labute approximate surface area is 102 Å². The smallest absolute Gasteiger partial charge is 0.254 e. The normalized spacial score (nSPS) is 10.3. The molecule has 0 aromatic carbocycles. The molecule has 16 heavy (non-hydrogen) atoms. The zero-order valence-corrected chi connectivity index (χ0v) is 10.5. The van der Waals surface area contributed by atoms with Gasteiger partial charge in [0.05, 0.1) is 10.6 Å². The molecule has 0 atom stereocenters. The fourth-order valence-electron chi connectivity index (χ4n) is 1.47. The molecule has 0 unspecified atom stereocenters. The number of hydrogen-bond acceptors (Lipinski definition) is 4. The van der Waals surface area contributed by atoms with Crippen molar-refractivity contribution >= 4 is 33.6 Å². The van der Waals surface area contributed by atoms with Gasteiger partial charge in [-0.2, -0.15) is 0 Å². The number of nitrogen functional groups attached to an aromatic ring is 1. The van der Waals surface area contributed by atoms with Crippen LogP contribution in [0.1, 0.15) is 17.3 Å². The minimum atomic E-state index is -0.0929. The molecule has 0 aliphatic rings. The Hall–Kier alpha value is -1.33. The summed E-state index contributed by atoms with van der Waals surface area (Å²) in [5, 5.41) is 7.29. The highest BCUT2D eigenvalue weighted by Gasteiger charge is 2.18. The number of nitrogens with one attached hydrogen (secondary N) is 1. The molecule has 1 amide bonds. The number of rotatable bonds is 3. The third-order valence-electron chi connectivity index (χ3n) is 2.17. The number of anilines is 1. The second kappa shape index (κ2) is 4.67. The van der Waals surface area contributed by atoms with Gasteiger partial charge in [0, 0.05) is 22.4 Å². The fourth-order valence-corrected chi connectivity index (χ4v) is 3.10. The molecule has 0 saturated heterocycles. The first-order valence-electron chi connectivity index (χ1n) is 4.93. The van der Waals surface area contributed by atoms with E-state index in [0.29, 0.717) is 17.1 Å². The summed E-state index contributed by atoms with van der Waals surface area (Å²) in [6.07, 6.45) is 0. The standard InChI is InChI=1S/C11H12N2OS2/c1-2-13-11(14)9-7(6-16-10(9)12)8-4-3-5-15-8/h3-6H,2,12H2,1H3,(H,13,14). The highest BCUT2D eigenvalue weighted by molar-refractivity contribution is 7.16. The first-order chi connectivity index (χ1) is 7.74. The van der Waals surface area contributed by atoms with E-state index in [2.05, 4.69) is 5.32 Å². The summed E-state index contributed by atoms with van der Waals surface area (Å²) in [6, 6.07) is 3.96. The molecule has 0 saturated carbocycles. The summed E-state index contributed by atoms with van der Waals surface area (Å²) in [5.41, 5.74) is 7.38. The number of amides is 1. The average molecular weight is 252 g/mol. The van der Waals surface area contributed by atoms with E-state index in [-0.39, 0.29) is 5.91 Å². The Balaban J connectivity index is 2.44. The maximum absolute atomic E-state index is 11.9. The Morgan fingerprint density at radius 2 is 2.31 bits per heavy atom. The summed E-state index contributed by atoms with van der Waals surface area (Å²) in [7, 11) is 0. The maximum atomic E-state index is 11.9. The predicted octanol–water partition coefficient (Wildman–Crippen LogP) is 2.81. The molecular weight excluding hydrogens is 240 g/mol. The number of carbonyl (C=O) groups excluding carboxylic acids is 1. The quantitative estimate of drug-likeness (QED) is 0.882. The van der Waals surface area contributed by atoms with E-state index in [9.17, 15) is 4.79 Å². The SMILES string of the molecule is CCNC(=O)c1c(-c2cccs2)csc1N. The van der Waals surface area contributed by atoms with E-state index in [0.717, 1.165) is 10.4 Å². The molecule has 84 valence electrons. The van der Waals surface area contributed by atoms with E-state index < -0.39 is 0 Å². The van der Waals surface area contributed by atoms with E-state index in [1.165, 1.54) is 11.3 Å². The van der Waals surface area contributed by atoms with Gasteiger partial charge >= 0.3 is 0 Å². The van der Waals surface area contributed by atoms with E-state index in [1.54, 1.807) is 11.3 Å². The third-order valence-corrected chi connectivity index (χ3v) is 3.89. The molecule has 5 heteroatoms. The third kappa shape index (κ3) is 1.96. The first kappa shape index (κ1) is 11.2. The zero-order chi connectivity index (χ0) is 11.5. The van der Waals surface area contributed by atoms with Gasteiger partial charge in [-0.15, -0.1) is 22.7 Å². The van der Waals surface area contributed by atoms with E-state index in [4.69, 9.17) is 5.73 Å². The van der Waals surface area contributed by atoms with Gasteiger partial charge in [-0.1, -0.05) is 6.07 Å². The average Bonchev–Trinajstić information content (AvgIpc) is 2.86. The number of carbonyl (C=O) groups is 1. The van der Waals surface area contributed by atoms with Crippen LogP contribution in [-0.2, 0) is 0 Å². The van der Waals surface area contributed by atoms with E-state index >= 15 is 0 Å². The van der Waals surface area contributed by atoms with Gasteiger partial charge in [0.25, 0.3) is 5.91 Å². The van der Waals surface area contributed by atoms with Crippen LogP contribution in [0.15, 0.2) is 22.9 Å². The molecular formula is C11H12N2OS2. The summed E-state index contributed by atoms with van der Waals surface area (Å²) in [6.45, 7) is 2.50. The Bertz CT molecular complexity index is 488. The van der Waals surface area contributed by atoms with Crippen molar-refractivity contribution in [1.82, 2.24) is 5.32 Å². The Morgan fingerprint density at radius 3 is 2.94 bits per heavy atom. The van der Waals surface area contributed by atoms with Gasteiger partial charge in [0.1, 0.15) is 0 Å². The van der Waals surface area contributed by atoms with Crippen molar-refractivity contribution in [3.63, 3.8) is 0 Å². The summed E-state index contributed by atoms with van der Waals surface area (Å²) < 4.78 is 0. The lowest BCUT2D eigenvalue weighted by molar-refractivity contribution is 0.0958. The highest BCUT2D eigenvalue weighted by atomic mass is 32.1. The number of nitrogens with two attached hydrogens (primary N) is 1. The molecule has 0 spiro atoms. The van der Waals surface area contributed by atoms with Crippen molar-refractivity contribution in [2.45, 2.75) is 6.92 Å². The van der Waals surface area contributed by atoms with Crippen LogP contribution in [0, 0.1) is 0 Å². The van der Waals surface area contributed by atoms with Crippen molar-refractivity contribution < 1.29 is 4.79 Å². The molecule has 2 aromatic heterocycles. The fraction of sp³-hybridized carbons (Fsp3) is 0.182. The molecule has 0 fully saturated rings. The highest BCUT2D eigenvalue weighted by Crippen LogP contribution is 2.35. The van der Waals surface area contributed by atoms with Crippen LogP contribution in [0.25, 0.3) is 10.4 Å². The van der Waals surface area contributed by atoms with Crippen LogP contribution < -0.4 is 11.1 Å². The van der Waals surface area contributed by atoms with Crippen molar-refractivity contribution in [2.75, 3.05) is 12.3 Å². The lowest BCUT2D eigenvalue weighted by atomic mass is 10.1. The van der Waals surface area contributed by atoms with Crippen LogP contribution in [-0.4, -0.2) is 12.5 Å². The van der Waals surface area contributed by atoms with Crippen molar-refractivity contribution in [2.24, 2.45) is 0 Å². The Morgan fingerprint density at radius 1 is 1.50 bits per heavy atom. The van der Waals surface area contributed by atoms with Crippen LogP contribution in [0.3, 0.4) is 0 Å². The monoisotopic (exact) mass is 252 g/mol. The summed E-state index contributed by atoms with van der Waals surface area (Å²) in [4.78, 5) is 12.9. The second-order valence-electron chi connectivity index (χ2n) is 3.23. The summed E-state index contributed by atoms with van der Waals surface area (Å²) in [5.74, 6) is -0.0929. The molecule has 2 rings (SSSR count). The van der Waals surface area contributed by atoms with Crippen LogP contribution in [0.5, 0.6) is 0 Å². The molecule has 3 nitrogen and oxygen atoms in total. The molecule has 0 radical (unpaired) electrons. The maximum Gasteiger partial charge on any atom is 0.254 e. The molecule has 0 aliphatic heterocycles. The van der Waals surface area contributed by atoms with Gasteiger partial charge < -0.3 is 11.1 Å². The minimum Gasteiger partial charge on any atom is -0.390 e. The van der Waals surface area contributed by atoms with Crippen molar-refractivity contribution in [3.8, 4) is 10.4 Å². The lowest BCUT2D eigenvalue weighted by Crippen LogP contribution is -2.23. The predicted molar refractivity (Wildman–Crippen MR) is 70.1 cm³/mol. The molecule has 2 aromatic rings. The topological polar surface area (TPSA) is 55.1 Å². The van der Waals surface area contributed by atoms with Gasteiger partial charge in [0.15, 0.2) is 0 Å². The van der Waals surface area contributed by atoms with Crippen LogP contribution >= 0.6 is 22.7 Å². The van der Waals surface area contributed by atoms with Crippen molar-refractivity contribution in [1.29, 1.82) is 0 Å². The van der Waals surface area contributed by atoms with Crippen LogP contribution in [0.2, 0.25) is 0 Å². The minimum absolute atomic E-state index is 0.0929. The van der Waals surface area contributed by atoms with Gasteiger partial charge in [-0.3, -0.25) is 4.79 Å². The number of hydrogen-bond donors (Lipinski definition) is 2.